The van der Waals surface area contributed by atoms with Gasteiger partial charge in [-0.05, 0) is 31.5 Å². The van der Waals surface area contributed by atoms with E-state index < -0.39 is 4.92 Å². The van der Waals surface area contributed by atoms with E-state index in [4.69, 9.17) is 9.47 Å². The fourth-order valence-electron chi connectivity index (χ4n) is 2.80. The van der Waals surface area contributed by atoms with Crippen LogP contribution in [0.5, 0.6) is 5.75 Å². The normalized spacial score (nSPS) is 19.4. The summed E-state index contributed by atoms with van der Waals surface area (Å²) < 4.78 is 10.2. The van der Waals surface area contributed by atoms with E-state index in [1.54, 1.807) is 7.11 Å². The maximum atomic E-state index is 12.3. The van der Waals surface area contributed by atoms with Gasteiger partial charge in [0.05, 0.1) is 24.2 Å². The summed E-state index contributed by atoms with van der Waals surface area (Å²) in [4.78, 5) is 22.7. The van der Waals surface area contributed by atoms with Crippen molar-refractivity contribution in [3.05, 3.63) is 33.9 Å². The van der Waals surface area contributed by atoms with Crippen LogP contribution >= 0.6 is 12.4 Å². The van der Waals surface area contributed by atoms with Crippen molar-refractivity contribution in [3.63, 3.8) is 0 Å². The number of nitro groups is 1. The number of carbonyl (C=O) groups excluding carboxylic acids is 1. The van der Waals surface area contributed by atoms with Crippen molar-refractivity contribution in [1.29, 1.82) is 0 Å². The van der Waals surface area contributed by atoms with Gasteiger partial charge in [0.1, 0.15) is 0 Å². The van der Waals surface area contributed by atoms with E-state index in [0.29, 0.717) is 13.2 Å². The first-order chi connectivity index (χ1) is 11.0. The van der Waals surface area contributed by atoms with E-state index in [1.807, 2.05) is 0 Å². The maximum absolute atomic E-state index is 12.3. The van der Waals surface area contributed by atoms with Crippen molar-refractivity contribution >= 4 is 24.0 Å². The van der Waals surface area contributed by atoms with Gasteiger partial charge < -0.3 is 20.1 Å². The van der Waals surface area contributed by atoms with Gasteiger partial charge in [0.25, 0.3) is 5.91 Å². The van der Waals surface area contributed by atoms with Crippen molar-refractivity contribution in [1.82, 2.24) is 10.6 Å². The van der Waals surface area contributed by atoms with Crippen LogP contribution in [0.15, 0.2) is 18.2 Å². The number of nitrogens with one attached hydrogen (secondary N) is 2. The molecule has 1 aliphatic heterocycles. The molecule has 1 amide bonds. The molecule has 0 spiro atoms. The number of ether oxygens (including phenoxy) is 2. The van der Waals surface area contributed by atoms with Gasteiger partial charge in [-0.1, -0.05) is 0 Å². The molecule has 1 fully saturated rings. The quantitative estimate of drug-likeness (QED) is 0.565. The largest absolute Gasteiger partial charge is 0.490 e. The van der Waals surface area contributed by atoms with Gasteiger partial charge in [-0.2, -0.15) is 0 Å². The second kappa shape index (κ2) is 8.81. The minimum absolute atomic E-state index is 0. The summed E-state index contributed by atoms with van der Waals surface area (Å²) in [5.41, 5.74) is -0.281. The third-order valence-corrected chi connectivity index (χ3v) is 3.98. The molecule has 1 atom stereocenters. The van der Waals surface area contributed by atoms with E-state index in [9.17, 15) is 14.9 Å². The molecule has 9 heteroatoms. The highest BCUT2D eigenvalue weighted by molar-refractivity contribution is 5.95. The smallest absolute Gasteiger partial charge is 0.311 e. The van der Waals surface area contributed by atoms with E-state index in [-0.39, 0.29) is 40.9 Å². The van der Waals surface area contributed by atoms with Gasteiger partial charge in [0.2, 0.25) is 0 Å². The molecule has 2 N–H and O–H groups in total. The lowest BCUT2D eigenvalue weighted by Crippen LogP contribution is -2.53. The lowest BCUT2D eigenvalue weighted by atomic mass is 9.98. The van der Waals surface area contributed by atoms with Crippen LogP contribution in [-0.2, 0) is 4.74 Å². The second-order valence-corrected chi connectivity index (χ2v) is 5.57. The Morgan fingerprint density at radius 1 is 1.46 bits per heavy atom. The summed E-state index contributed by atoms with van der Waals surface area (Å²) in [7, 11) is 2.97. The van der Waals surface area contributed by atoms with Crippen LogP contribution in [-0.4, -0.2) is 50.3 Å². The van der Waals surface area contributed by atoms with Crippen LogP contribution in [0.3, 0.4) is 0 Å². The van der Waals surface area contributed by atoms with E-state index >= 15 is 0 Å². The monoisotopic (exact) mass is 359 g/mol. The van der Waals surface area contributed by atoms with Gasteiger partial charge in [-0.15, -0.1) is 12.4 Å². The molecule has 1 heterocycles. The van der Waals surface area contributed by atoms with Gasteiger partial charge >= 0.3 is 5.69 Å². The van der Waals surface area contributed by atoms with Crippen molar-refractivity contribution in [3.8, 4) is 5.75 Å². The third kappa shape index (κ3) is 4.56. The highest BCUT2D eigenvalue weighted by atomic mass is 35.5. The number of hydrogen-bond acceptors (Lipinski definition) is 6. The molecule has 134 valence electrons. The lowest BCUT2D eigenvalue weighted by Gasteiger charge is -2.28. The zero-order valence-corrected chi connectivity index (χ0v) is 14.5. The number of benzene rings is 1. The summed E-state index contributed by atoms with van der Waals surface area (Å²) in [6, 6.07) is 4.15. The molecular formula is C15H22ClN3O5. The van der Waals surface area contributed by atoms with Crippen LogP contribution in [0, 0.1) is 10.1 Å². The van der Waals surface area contributed by atoms with Crippen LogP contribution in [0.2, 0.25) is 0 Å². The van der Waals surface area contributed by atoms with E-state index in [1.165, 1.54) is 25.3 Å². The van der Waals surface area contributed by atoms with Crippen LogP contribution in [0.1, 0.15) is 23.2 Å². The number of halogens is 1. The molecule has 1 aliphatic rings. The molecule has 24 heavy (non-hydrogen) atoms. The molecule has 0 aliphatic carbocycles. The average molecular weight is 360 g/mol. The Morgan fingerprint density at radius 2 is 2.21 bits per heavy atom. The number of amides is 1. The minimum atomic E-state index is -0.569. The zero-order valence-electron chi connectivity index (χ0n) is 13.7. The van der Waals surface area contributed by atoms with Crippen molar-refractivity contribution in [2.45, 2.75) is 18.4 Å². The average Bonchev–Trinajstić information content (AvgIpc) is 3.01. The van der Waals surface area contributed by atoms with Gasteiger partial charge in [0, 0.05) is 25.3 Å². The van der Waals surface area contributed by atoms with E-state index in [0.717, 1.165) is 19.4 Å². The van der Waals surface area contributed by atoms with Crippen molar-refractivity contribution in [2.75, 3.05) is 33.9 Å². The van der Waals surface area contributed by atoms with Crippen LogP contribution in [0.4, 0.5) is 5.69 Å². The molecule has 1 aromatic carbocycles. The summed E-state index contributed by atoms with van der Waals surface area (Å²) in [5.74, 6) is -0.236. The predicted octanol–water partition coefficient (Wildman–Crippen LogP) is 1.52. The van der Waals surface area contributed by atoms with Crippen LogP contribution < -0.4 is 15.4 Å². The first kappa shape index (κ1) is 20.1. The molecular weight excluding hydrogens is 338 g/mol. The summed E-state index contributed by atoms with van der Waals surface area (Å²) in [5, 5.41) is 17.2. The van der Waals surface area contributed by atoms with Gasteiger partial charge in [0.15, 0.2) is 5.75 Å². The topological polar surface area (TPSA) is 103 Å². The predicted molar refractivity (Wildman–Crippen MR) is 91.1 cm³/mol. The summed E-state index contributed by atoms with van der Waals surface area (Å²) >= 11 is 0. The first-order valence-corrected chi connectivity index (χ1v) is 7.36. The highest BCUT2D eigenvalue weighted by Crippen LogP contribution is 2.27. The Labute approximate surface area is 146 Å². The number of carbonyl (C=O) groups is 1. The SMILES string of the molecule is COCC1(CNC(=O)c2ccc(OC)c([N+](=O)[O-])c2)CCCN1.Cl. The zero-order chi connectivity index (χ0) is 16.9. The lowest BCUT2D eigenvalue weighted by molar-refractivity contribution is -0.385. The third-order valence-electron chi connectivity index (χ3n) is 3.98. The molecule has 0 saturated carbocycles. The fraction of sp³-hybridized carbons (Fsp3) is 0.533. The van der Waals surface area contributed by atoms with Crippen LogP contribution in [0.25, 0.3) is 0 Å². The Kier molecular flexibility index (Phi) is 7.40. The molecule has 1 aromatic rings. The second-order valence-electron chi connectivity index (χ2n) is 5.57. The first-order valence-electron chi connectivity index (χ1n) is 7.36. The van der Waals surface area contributed by atoms with Crippen molar-refractivity contribution in [2.24, 2.45) is 0 Å². The fourth-order valence-corrected chi connectivity index (χ4v) is 2.80. The van der Waals surface area contributed by atoms with Gasteiger partial charge in [-0.25, -0.2) is 0 Å². The molecule has 0 radical (unpaired) electrons. The Morgan fingerprint density at radius 3 is 2.75 bits per heavy atom. The number of methoxy groups -OCH3 is 2. The standard InChI is InChI=1S/C15H21N3O5.ClH/c1-22-10-15(6-3-7-17-15)9-16-14(19)11-4-5-13(23-2)12(8-11)18(20)21;/h4-5,8,17H,3,6-7,9-10H2,1-2H3,(H,16,19);1H. The molecule has 1 saturated heterocycles. The molecule has 8 nitrogen and oxygen atoms in total. The Balaban J connectivity index is 0.00000288. The molecule has 0 aromatic heterocycles. The van der Waals surface area contributed by atoms with E-state index in [2.05, 4.69) is 10.6 Å². The number of hydrogen-bond donors (Lipinski definition) is 2. The summed E-state index contributed by atoms with van der Waals surface area (Å²) in [6.45, 7) is 1.78. The Bertz CT molecular complexity index is 590. The summed E-state index contributed by atoms with van der Waals surface area (Å²) in [6.07, 6.45) is 1.93. The highest BCUT2D eigenvalue weighted by Gasteiger charge is 2.34. The molecule has 1 unspecified atom stereocenters. The minimum Gasteiger partial charge on any atom is -0.490 e. The van der Waals surface area contributed by atoms with Gasteiger partial charge in [-0.3, -0.25) is 14.9 Å². The number of nitro benzene ring substituents is 1. The maximum Gasteiger partial charge on any atom is 0.311 e. The Hall–Kier alpha value is -1.90. The number of rotatable bonds is 7. The molecule has 0 bridgehead atoms. The molecule has 2 rings (SSSR count). The van der Waals surface area contributed by atoms with Crippen molar-refractivity contribution < 1.29 is 19.2 Å². The number of nitrogens with zero attached hydrogens (tertiary/aromatic N) is 1.